The molecule has 0 aromatic carbocycles. The number of hydrogen-bond donors (Lipinski definition) is 2. The van der Waals surface area contributed by atoms with Crippen LogP contribution in [-0.2, 0) is 9.59 Å². The summed E-state index contributed by atoms with van der Waals surface area (Å²) in [4.78, 5) is 18.7. The van der Waals surface area contributed by atoms with E-state index in [9.17, 15) is 9.59 Å². The van der Waals surface area contributed by atoms with Crippen LogP contribution in [0.25, 0.3) is 0 Å². The van der Waals surface area contributed by atoms with E-state index in [1.165, 1.54) is 25.7 Å². The van der Waals surface area contributed by atoms with Crippen LogP contribution in [0.5, 0.6) is 0 Å². The maximum atomic E-state index is 9.52. The molecule has 0 atom stereocenters. The maximum absolute atomic E-state index is 9.52. The average molecular weight is 429 g/mol. The summed E-state index contributed by atoms with van der Waals surface area (Å²) in [6.45, 7) is 1.95. The van der Waals surface area contributed by atoms with Gasteiger partial charge in [-0.05, 0) is 5.92 Å². The van der Waals surface area contributed by atoms with E-state index in [-0.39, 0.29) is 6.54 Å². The van der Waals surface area contributed by atoms with Crippen LogP contribution in [0.4, 0.5) is 0 Å². The van der Waals surface area contributed by atoms with Gasteiger partial charge in [0.1, 0.15) is 0 Å². The average Bonchev–Trinajstić information content (AvgIpc) is 1.98. The van der Waals surface area contributed by atoms with Crippen LogP contribution in [0.1, 0.15) is 26.2 Å². The summed E-state index contributed by atoms with van der Waals surface area (Å²) in [5.74, 6) is -0.00153. The van der Waals surface area contributed by atoms with E-state index in [0.29, 0.717) is 0 Å². The van der Waals surface area contributed by atoms with Crippen LogP contribution in [0.15, 0.2) is 0 Å². The first-order valence-electron chi connectivity index (χ1n) is 3.98. The van der Waals surface area contributed by atoms with E-state index < -0.39 is 5.97 Å². The van der Waals surface area contributed by atoms with Crippen molar-refractivity contribution < 1.29 is 14.7 Å². The van der Waals surface area contributed by atoms with Crippen molar-refractivity contribution in [2.45, 2.75) is 26.2 Å². The van der Waals surface area contributed by atoms with Gasteiger partial charge in [0.2, 0.25) is 0 Å². The number of rotatable bonds is 3. The summed E-state index contributed by atoms with van der Waals surface area (Å²) in [5, 5.41) is 9.65. The molecule has 82 valence electrons. The number of nitrogens with one attached hydrogen (secondary N) is 1. The van der Waals surface area contributed by atoms with Crippen molar-refractivity contribution >= 4 is 12.4 Å². The molecule has 1 aliphatic rings. The third-order valence-corrected chi connectivity index (χ3v) is 1.71. The van der Waals surface area contributed by atoms with Gasteiger partial charge in [-0.15, -0.1) is 0 Å². The smallest absolute Gasteiger partial charge is 0.320 e. The fraction of sp³-hybridized carbons (Fsp3) is 0.750. The molecule has 0 aliphatic heterocycles. The van der Waals surface area contributed by atoms with Crippen molar-refractivity contribution in [2.75, 3.05) is 6.54 Å². The molecule has 1 rings (SSSR count). The SMILES string of the molecule is CC1CCC1.O=[C-]NCC(=O)O.[Fm]. The minimum absolute atomic E-state index is 0. The second-order valence-corrected chi connectivity index (χ2v) is 2.89. The van der Waals surface area contributed by atoms with E-state index in [4.69, 9.17) is 5.11 Å². The molecule has 13 heavy (non-hydrogen) atoms. The minimum atomic E-state index is -1.07. The maximum Gasteiger partial charge on any atom is 0.320 e. The Balaban J connectivity index is 0. The minimum Gasteiger partial charge on any atom is -0.521 e. The summed E-state index contributed by atoms with van der Waals surface area (Å²) < 4.78 is 0. The first-order chi connectivity index (χ1) is 5.66. The summed E-state index contributed by atoms with van der Waals surface area (Å²) in [6, 6.07) is 0. The van der Waals surface area contributed by atoms with Crippen molar-refractivity contribution in [3.05, 3.63) is 0 Å². The third-order valence-electron chi connectivity index (χ3n) is 1.71. The Morgan fingerprint density at radius 3 is 2.15 bits per heavy atom. The molecule has 4 nitrogen and oxygen atoms in total. The third kappa shape index (κ3) is 9.94. The molecule has 2 N–H and O–H groups in total. The van der Waals surface area contributed by atoms with Gasteiger partial charge >= 0.3 is 5.97 Å². The van der Waals surface area contributed by atoms with Crippen molar-refractivity contribution in [1.29, 1.82) is 0 Å². The predicted molar refractivity (Wildman–Crippen MR) is 44.3 cm³/mol. The summed E-state index contributed by atoms with van der Waals surface area (Å²) in [5.41, 5.74) is 0. The van der Waals surface area contributed by atoms with Gasteiger partial charge in [0.25, 0.3) is 0 Å². The Bertz CT molecular complexity index is 148. The summed E-state index contributed by atoms with van der Waals surface area (Å²) in [6.07, 6.45) is 5.68. The monoisotopic (exact) mass is 429 g/mol. The fourth-order valence-electron chi connectivity index (χ4n) is 0.724. The molecular formula is C8H14FmNO3-. The zero-order chi connectivity index (χ0) is 9.40. The fourth-order valence-corrected chi connectivity index (χ4v) is 0.724. The normalized spacial score (nSPS) is 13.9. The molecule has 0 aromatic rings. The van der Waals surface area contributed by atoms with Crippen LogP contribution in [-0.4, -0.2) is 24.0 Å². The molecule has 0 radical (unpaired) electrons. The van der Waals surface area contributed by atoms with E-state index in [2.05, 4.69) is 6.92 Å². The molecule has 0 aromatic heterocycles. The van der Waals surface area contributed by atoms with E-state index in [0.717, 1.165) is 5.92 Å². The van der Waals surface area contributed by atoms with Crippen LogP contribution in [0, 0.1) is 5.92 Å². The number of carbonyl (C=O) groups excluding carboxylic acids is 1. The molecule has 1 fully saturated rings. The topological polar surface area (TPSA) is 66.4 Å². The number of amides is 1. The Morgan fingerprint density at radius 2 is 2.08 bits per heavy atom. The first kappa shape index (κ1) is 13.5. The molecular weight excluding hydrogens is 415 g/mol. The van der Waals surface area contributed by atoms with E-state index in [1.807, 2.05) is 5.32 Å². The Labute approximate surface area is 72.0 Å². The quantitative estimate of drug-likeness (QED) is 0.509. The summed E-state index contributed by atoms with van der Waals surface area (Å²) in [7, 11) is 0. The molecule has 0 heterocycles. The van der Waals surface area contributed by atoms with Gasteiger partial charge in [-0.1, -0.05) is 26.2 Å². The molecule has 5 heteroatoms. The molecule has 0 bridgehead atoms. The van der Waals surface area contributed by atoms with Gasteiger partial charge < -0.3 is 15.2 Å². The largest absolute Gasteiger partial charge is 0.521 e. The standard InChI is InChI=1S/C5H10.C3H4NO3.Fm/c1-5-3-2-4-5;5-2-4-1-3(6)7;/h5H,2-4H2,1H3;1H2,(H,4,5)(H,6,7);/q;-1;. The summed E-state index contributed by atoms with van der Waals surface area (Å²) >= 11 is 0. The molecule has 1 aliphatic carbocycles. The molecule has 0 spiro atoms. The number of aliphatic carboxylic acids is 1. The zero-order valence-corrected chi connectivity index (χ0v) is 9.86. The number of carboxylic acids is 1. The molecule has 1 saturated carbocycles. The van der Waals surface area contributed by atoms with Crippen LogP contribution in [0.3, 0.4) is 0 Å². The van der Waals surface area contributed by atoms with Crippen molar-refractivity contribution in [2.24, 2.45) is 5.92 Å². The van der Waals surface area contributed by atoms with Crippen molar-refractivity contribution in [3.63, 3.8) is 0 Å². The number of carboxylic acid groups (broad SMARTS) is 1. The van der Waals surface area contributed by atoms with Gasteiger partial charge in [0.05, 0.1) is 6.54 Å². The van der Waals surface area contributed by atoms with Gasteiger partial charge in [0, 0.05) is 0 Å². The number of carbonyl (C=O) groups is 1. The Hall–Kier alpha value is -2.06. The Morgan fingerprint density at radius 1 is 1.62 bits per heavy atom. The predicted octanol–water partition coefficient (Wildman–Crippen LogP) is 0.534. The zero-order valence-electron chi connectivity index (χ0n) is 7.46. The van der Waals surface area contributed by atoms with Crippen LogP contribution in [0.2, 0.25) is 0 Å². The second-order valence-electron chi connectivity index (χ2n) is 2.89. The van der Waals surface area contributed by atoms with Gasteiger partial charge in [-0.3, -0.25) is 4.79 Å². The van der Waals surface area contributed by atoms with E-state index >= 15 is 0 Å². The molecule has 0 unspecified atom stereocenters. The van der Waals surface area contributed by atoms with Crippen molar-refractivity contribution in [1.82, 2.24) is 5.32 Å². The second kappa shape index (κ2) is 8.04. The van der Waals surface area contributed by atoms with Crippen molar-refractivity contribution in [3.8, 4) is 0 Å². The van der Waals surface area contributed by atoms with Crippen LogP contribution >= 0.6 is 0 Å². The Kier molecular flexibility index (Phi) is 8.36. The first-order valence-corrected chi connectivity index (χ1v) is 3.98. The van der Waals surface area contributed by atoms with Gasteiger partial charge in [-0.25, -0.2) is 0 Å². The number of hydrogen-bond acceptors (Lipinski definition) is 2. The van der Waals surface area contributed by atoms with E-state index in [1.54, 1.807) is 0 Å². The van der Waals surface area contributed by atoms with Gasteiger partial charge in [0.15, 0.2) is 0 Å². The molecule has 1 amide bonds. The molecule has 0 saturated heterocycles. The van der Waals surface area contributed by atoms with Crippen LogP contribution < -0.4 is 5.32 Å². The van der Waals surface area contributed by atoms with Gasteiger partial charge in [-0.2, -0.15) is 6.41 Å².